The maximum atomic E-state index is 11.9. The van der Waals surface area contributed by atoms with E-state index in [1.54, 1.807) is 0 Å². The van der Waals surface area contributed by atoms with Gasteiger partial charge in [0.2, 0.25) is 0 Å². The third-order valence-electron chi connectivity index (χ3n) is 2.50. The normalized spacial score (nSPS) is 12.2. The number of nitrogens with one attached hydrogen (secondary N) is 2. The standard InChI is InChI=1S/C12H17IN2O/c1-8-5-4-6-10(11(8)13)12(16)15-7-9(2)14-3/h4-6,9,14H,7H2,1-3H3,(H,15,16). The van der Waals surface area contributed by atoms with Gasteiger partial charge in [0.15, 0.2) is 0 Å². The van der Waals surface area contributed by atoms with Gasteiger partial charge in [0.05, 0.1) is 5.56 Å². The van der Waals surface area contributed by atoms with Crippen LogP contribution in [0, 0.1) is 10.5 Å². The first kappa shape index (κ1) is 13.4. The number of benzene rings is 1. The maximum Gasteiger partial charge on any atom is 0.252 e. The van der Waals surface area contributed by atoms with Crippen molar-refractivity contribution in [1.82, 2.24) is 10.6 Å². The lowest BCUT2D eigenvalue weighted by molar-refractivity contribution is 0.0949. The Bertz CT molecular complexity index is 379. The Morgan fingerprint density at radius 1 is 1.50 bits per heavy atom. The highest BCUT2D eigenvalue weighted by Crippen LogP contribution is 2.16. The number of carbonyl (C=O) groups is 1. The fraction of sp³-hybridized carbons (Fsp3) is 0.417. The van der Waals surface area contributed by atoms with Crippen LogP contribution in [0.5, 0.6) is 0 Å². The van der Waals surface area contributed by atoms with Gasteiger partial charge in [-0.3, -0.25) is 4.79 Å². The first-order chi connectivity index (χ1) is 7.56. The highest BCUT2D eigenvalue weighted by Gasteiger charge is 2.11. The van der Waals surface area contributed by atoms with Crippen molar-refractivity contribution in [3.63, 3.8) is 0 Å². The van der Waals surface area contributed by atoms with Crippen molar-refractivity contribution in [1.29, 1.82) is 0 Å². The first-order valence-corrected chi connectivity index (χ1v) is 6.34. The van der Waals surface area contributed by atoms with Gasteiger partial charge >= 0.3 is 0 Å². The van der Waals surface area contributed by atoms with Crippen LogP contribution in [0.2, 0.25) is 0 Å². The van der Waals surface area contributed by atoms with Gasteiger partial charge in [-0.05, 0) is 55.1 Å². The molecule has 0 heterocycles. The zero-order chi connectivity index (χ0) is 12.1. The largest absolute Gasteiger partial charge is 0.350 e. The molecule has 0 aliphatic rings. The first-order valence-electron chi connectivity index (χ1n) is 5.26. The van der Waals surface area contributed by atoms with Crippen molar-refractivity contribution >= 4 is 28.5 Å². The number of carbonyl (C=O) groups excluding carboxylic acids is 1. The average molecular weight is 332 g/mol. The van der Waals surface area contributed by atoms with Gasteiger partial charge in [-0.2, -0.15) is 0 Å². The number of likely N-dealkylation sites (N-methyl/N-ethyl adjacent to an activating group) is 1. The fourth-order valence-corrected chi connectivity index (χ4v) is 1.87. The van der Waals surface area contributed by atoms with Crippen molar-refractivity contribution in [3.05, 3.63) is 32.9 Å². The molecular formula is C12H17IN2O. The van der Waals surface area contributed by atoms with Crippen LogP contribution >= 0.6 is 22.6 Å². The predicted octanol–water partition coefficient (Wildman–Crippen LogP) is 1.94. The zero-order valence-corrected chi connectivity index (χ0v) is 12.0. The van der Waals surface area contributed by atoms with E-state index in [9.17, 15) is 4.79 Å². The molecule has 0 aromatic heterocycles. The molecule has 88 valence electrons. The number of halogens is 1. The summed E-state index contributed by atoms with van der Waals surface area (Å²) >= 11 is 2.21. The molecule has 1 amide bonds. The lowest BCUT2D eigenvalue weighted by Gasteiger charge is -2.12. The van der Waals surface area contributed by atoms with E-state index >= 15 is 0 Å². The lowest BCUT2D eigenvalue weighted by Crippen LogP contribution is -2.37. The molecule has 0 saturated heterocycles. The molecule has 1 rings (SSSR count). The van der Waals surface area contributed by atoms with Crippen LogP contribution in [0.4, 0.5) is 0 Å². The quantitative estimate of drug-likeness (QED) is 0.828. The number of hydrogen-bond donors (Lipinski definition) is 2. The van der Waals surface area contributed by atoms with Crippen LogP contribution in [0.25, 0.3) is 0 Å². The molecule has 0 bridgehead atoms. The smallest absolute Gasteiger partial charge is 0.252 e. The van der Waals surface area contributed by atoms with Gasteiger partial charge in [0.1, 0.15) is 0 Å². The van der Waals surface area contributed by atoms with Crippen LogP contribution in [0.3, 0.4) is 0 Å². The minimum atomic E-state index is -0.00444. The van der Waals surface area contributed by atoms with Gasteiger partial charge in [-0.25, -0.2) is 0 Å². The minimum Gasteiger partial charge on any atom is -0.350 e. The van der Waals surface area contributed by atoms with Crippen LogP contribution < -0.4 is 10.6 Å². The van der Waals surface area contributed by atoms with Crippen molar-refractivity contribution < 1.29 is 4.79 Å². The monoisotopic (exact) mass is 332 g/mol. The van der Waals surface area contributed by atoms with Crippen molar-refractivity contribution in [2.24, 2.45) is 0 Å². The Hall–Kier alpha value is -0.620. The molecule has 16 heavy (non-hydrogen) atoms. The van der Waals surface area contributed by atoms with E-state index in [4.69, 9.17) is 0 Å². The molecule has 0 aliphatic heterocycles. The van der Waals surface area contributed by atoms with E-state index in [0.717, 1.165) is 14.7 Å². The number of hydrogen-bond acceptors (Lipinski definition) is 2. The van der Waals surface area contributed by atoms with E-state index in [1.807, 2.05) is 39.1 Å². The topological polar surface area (TPSA) is 41.1 Å². The molecule has 2 N–H and O–H groups in total. The Balaban J connectivity index is 2.70. The lowest BCUT2D eigenvalue weighted by atomic mass is 10.1. The van der Waals surface area contributed by atoms with Gasteiger partial charge < -0.3 is 10.6 Å². The third kappa shape index (κ3) is 3.45. The Morgan fingerprint density at radius 3 is 2.81 bits per heavy atom. The van der Waals surface area contributed by atoms with E-state index in [1.165, 1.54) is 0 Å². The molecule has 4 heteroatoms. The van der Waals surface area contributed by atoms with Crippen molar-refractivity contribution in [2.75, 3.05) is 13.6 Å². The average Bonchev–Trinajstić information content (AvgIpc) is 2.29. The number of aryl methyl sites for hydroxylation is 1. The molecular weight excluding hydrogens is 315 g/mol. The molecule has 1 aromatic rings. The summed E-state index contributed by atoms with van der Waals surface area (Å²) < 4.78 is 1.02. The van der Waals surface area contributed by atoms with Crippen LogP contribution in [0.1, 0.15) is 22.8 Å². The Labute approximate surface area is 110 Å². The van der Waals surface area contributed by atoms with E-state index < -0.39 is 0 Å². The second-order valence-electron chi connectivity index (χ2n) is 3.84. The molecule has 0 saturated carbocycles. The van der Waals surface area contributed by atoms with Gasteiger partial charge in [-0.1, -0.05) is 12.1 Å². The fourth-order valence-electron chi connectivity index (χ4n) is 1.27. The molecule has 0 spiro atoms. The second-order valence-corrected chi connectivity index (χ2v) is 4.91. The minimum absolute atomic E-state index is 0.00444. The van der Waals surface area contributed by atoms with E-state index in [0.29, 0.717) is 6.54 Å². The summed E-state index contributed by atoms with van der Waals surface area (Å²) in [5.41, 5.74) is 1.89. The summed E-state index contributed by atoms with van der Waals surface area (Å²) in [5.74, 6) is -0.00444. The highest BCUT2D eigenvalue weighted by molar-refractivity contribution is 14.1. The van der Waals surface area contributed by atoms with Crippen LogP contribution in [-0.4, -0.2) is 25.5 Å². The van der Waals surface area contributed by atoms with Crippen molar-refractivity contribution in [2.45, 2.75) is 19.9 Å². The molecule has 0 aliphatic carbocycles. The highest BCUT2D eigenvalue weighted by atomic mass is 127. The van der Waals surface area contributed by atoms with E-state index in [-0.39, 0.29) is 11.9 Å². The number of rotatable bonds is 4. The summed E-state index contributed by atoms with van der Waals surface area (Å²) in [6.45, 7) is 4.68. The van der Waals surface area contributed by atoms with Gasteiger partial charge in [0.25, 0.3) is 5.91 Å². The molecule has 0 fully saturated rings. The summed E-state index contributed by atoms with van der Waals surface area (Å²) in [7, 11) is 1.88. The maximum absolute atomic E-state index is 11.9. The molecule has 1 aromatic carbocycles. The summed E-state index contributed by atoms with van der Waals surface area (Å²) in [6, 6.07) is 6.06. The molecule has 1 atom stereocenters. The van der Waals surface area contributed by atoms with E-state index in [2.05, 4.69) is 33.2 Å². The summed E-state index contributed by atoms with van der Waals surface area (Å²) in [5, 5.41) is 5.99. The molecule has 1 unspecified atom stereocenters. The van der Waals surface area contributed by atoms with Crippen LogP contribution in [0.15, 0.2) is 18.2 Å². The Kier molecular flexibility index (Phi) is 5.21. The molecule has 0 radical (unpaired) electrons. The summed E-state index contributed by atoms with van der Waals surface area (Å²) in [4.78, 5) is 11.9. The molecule has 3 nitrogen and oxygen atoms in total. The van der Waals surface area contributed by atoms with Crippen LogP contribution in [-0.2, 0) is 0 Å². The second kappa shape index (κ2) is 6.20. The Morgan fingerprint density at radius 2 is 2.19 bits per heavy atom. The van der Waals surface area contributed by atoms with Gasteiger partial charge in [0, 0.05) is 16.2 Å². The van der Waals surface area contributed by atoms with Crippen molar-refractivity contribution in [3.8, 4) is 0 Å². The SMILES string of the molecule is CNC(C)CNC(=O)c1cccc(C)c1I. The zero-order valence-electron chi connectivity index (χ0n) is 9.80. The third-order valence-corrected chi connectivity index (χ3v) is 3.93. The van der Waals surface area contributed by atoms with Gasteiger partial charge in [-0.15, -0.1) is 0 Å². The summed E-state index contributed by atoms with van der Waals surface area (Å²) in [6.07, 6.45) is 0. The number of amides is 1. The predicted molar refractivity (Wildman–Crippen MR) is 74.8 cm³/mol.